The van der Waals surface area contributed by atoms with Gasteiger partial charge in [-0.05, 0) is 24.3 Å². The molecule has 1 saturated heterocycles. The van der Waals surface area contributed by atoms with Gasteiger partial charge in [0, 0.05) is 32.0 Å². The van der Waals surface area contributed by atoms with Gasteiger partial charge < -0.3 is 19.0 Å². The largest absolute Gasteiger partial charge is 0.463 e. The molecule has 0 aliphatic carbocycles. The Kier molecular flexibility index (Phi) is 5.86. The molecule has 168 valence electrons. The maximum absolute atomic E-state index is 12.7. The number of nitrogens with zero attached hydrogens (tertiary/aromatic N) is 5. The van der Waals surface area contributed by atoms with Crippen molar-refractivity contribution in [3.8, 4) is 5.88 Å². The van der Waals surface area contributed by atoms with Crippen LogP contribution in [0.15, 0.2) is 35.3 Å². The molecule has 1 aliphatic heterocycles. The van der Waals surface area contributed by atoms with Crippen molar-refractivity contribution in [2.45, 2.75) is 45.6 Å². The number of carbonyl (C=O) groups excluding carboxylic acids is 2. The summed E-state index contributed by atoms with van der Waals surface area (Å²) in [7, 11) is 0. The van der Waals surface area contributed by atoms with E-state index in [-0.39, 0.29) is 18.9 Å². The van der Waals surface area contributed by atoms with Crippen LogP contribution in [-0.2, 0) is 23.8 Å². The highest BCUT2D eigenvalue weighted by Crippen LogP contribution is 2.31. The number of ether oxygens (including phenoxy) is 3. The van der Waals surface area contributed by atoms with Crippen molar-refractivity contribution in [1.82, 2.24) is 24.7 Å². The Bertz CT molecular complexity index is 1220. The summed E-state index contributed by atoms with van der Waals surface area (Å²) in [5, 5.41) is 7.92. The molecule has 1 fully saturated rings. The van der Waals surface area contributed by atoms with Crippen LogP contribution >= 0.6 is 0 Å². The van der Waals surface area contributed by atoms with Gasteiger partial charge in [-0.3, -0.25) is 14.2 Å². The van der Waals surface area contributed by atoms with E-state index in [1.165, 1.54) is 29.5 Å². The Morgan fingerprint density at radius 1 is 1.22 bits per heavy atom. The van der Waals surface area contributed by atoms with Crippen molar-refractivity contribution in [2.24, 2.45) is 0 Å². The molecule has 12 heteroatoms. The lowest BCUT2D eigenvalue weighted by Gasteiger charge is -2.18. The highest BCUT2D eigenvalue weighted by molar-refractivity contribution is 5.73. The molecule has 32 heavy (non-hydrogen) atoms. The smallest absolute Gasteiger partial charge is 0.353 e. The summed E-state index contributed by atoms with van der Waals surface area (Å²) in [6, 6.07) is 7.19. The first-order valence-electron chi connectivity index (χ1n) is 9.86. The van der Waals surface area contributed by atoms with Gasteiger partial charge >= 0.3 is 17.6 Å². The van der Waals surface area contributed by atoms with Gasteiger partial charge in [0.1, 0.15) is 36.1 Å². The van der Waals surface area contributed by atoms with E-state index in [1.807, 2.05) is 12.1 Å². The minimum Gasteiger partial charge on any atom is -0.463 e. The first-order valence-corrected chi connectivity index (χ1v) is 9.86. The molecule has 0 N–H and O–H groups in total. The lowest BCUT2D eigenvalue weighted by Crippen LogP contribution is -2.31. The highest BCUT2D eigenvalue weighted by Gasteiger charge is 2.39. The number of benzene rings is 1. The predicted octanol–water partition coefficient (Wildman–Crippen LogP) is 0.921. The molecule has 2 aromatic heterocycles. The van der Waals surface area contributed by atoms with Gasteiger partial charge in [0.25, 0.3) is 5.88 Å². The minimum atomic E-state index is -0.764. The van der Waals surface area contributed by atoms with Crippen LogP contribution in [0.5, 0.6) is 5.88 Å². The van der Waals surface area contributed by atoms with Crippen molar-refractivity contribution in [3.05, 3.63) is 46.5 Å². The summed E-state index contributed by atoms with van der Waals surface area (Å²) in [5.74, 6) is -0.930. The topological polar surface area (TPSA) is 137 Å². The maximum atomic E-state index is 12.7. The third kappa shape index (κ3) is 4.44. The SMILES string of the molecule is CC(=O)OC[C@H]1O[C@@H](n2cc(C)c(On3nnc4ccccc43)nc2=O)C[C@@H]1OC(C)=O. The molecule has 3 aromatic rings. The van der Waals surface area contributed by atoms with Crippen molar-refractivity contribution in [2.75, 3.05) is 6.61 Å². The summed E-state index contributed by atoms with van der Waals surface area (Å²) in [6.45, 7) is 4.15. The third-order valence-corrected chi connectivity index (χ3v) is 4.84. The van der Waals surface area contributed by atoms with E-state index in [4.69, 9.17) is 19.0 Å². The fourth-order valence-corrected chi connectivity index (χ4v) is 3.41. The molecule has 12 nitrogen and oxygen atoms in total. The Morgan fingerprint density at radius 2 is 2.00 bits per heavy atom. The first kappa shape index (κ1) is 21.4. The average molecular weight is 443 g/mol. The van der Waals surface area contributed by atoms with Crippen LogP contribution in [0.1, 0.15) is 32.1 Å². The Hall–Kier alpha value is -3.80. The van der Waals surface area contributed by atoms with E-state index in [0.717, 1.165) is 0 Å². The number of aromatic nitrogens is 5. The molecule has 0 unspecified atom stereocenters. The zero-order valence-corrected chi connectivity index (χ0v) is 17.6. The summed E-state index contributed by atoms with van der Waals surface area (Å²) < 4.78 is 17.4. The first-order chi connectivity index (χ1) is 15.3. The molecule has 4 rings (SSSR count). The number of rotatable bonds is 6. The number of esters is 2. The second-order valence-corrected chi connectivity index (χ2v) is 7.28. The van der Waals surface area contributed by atoms with Crippen LogP contribution in [0.4, 0.5) is 0 Å². The molecular formula is C20H21N5O7. The number of carbonyl (C=O) groups is 2. The zero-order chi connectivity index (χ0) is 22.8. The normalized spacial score (nSPS) is 20.3. The van der Waals surface area contributed by atoms with Crippen molar-refractivity contribution < 1.29 is 28.6 Å². The summed E-state index contributed by atoms with van der Waals surface area (Å²) in [6.07, 6.45) is -0.424. The standard InChI is InChI=1S/C20H21N5O7/c1-11-9-24(18-8-16(30-13(3)27)17(31-18)10-29-12(2)26)20(28)21-19(11)32-25-15-7-5-4-6-14(15)22-23-25/h4-7,9,16-18H,8,10H2,1-3H3/t16-,17+,18+/m0/s1. The van der Waals surface area contributed by atoms with Gasteiger partial charge in [0.2, 0.25) is 0 Å². The maximum Gasteiger partial charge on any atom is 0.353 e. The number of aryl methyl sites for hydroxylation is 1. The predicted molar refractivity (Wildman–Crippen MR) is 108 cm³/mol. The van der Waals surface area contributed by atoms with Crippen molar-refractivity contribution >= 4 is 23.0 Å². The van der Waals surface area contributed by atoms with Crippen molar-refractivity contribution in [1.29, 1.82) is 0 Å². The lowest BCUT2D eigenvalue weighted by atomic mass is 10.2. The molecule has 1 aliphatic rings. The molecular weight excluding hydrogens is 422 g/mol. The van der Waals surface area contributed by atoms with Gasteiger partial charge in [0.15, 0.2) is 0 Å². The van der Waals surface area contributed by atoms with Crippen LogP contribution < -0.4 is 10.5 Å². The van der Waals surface area contributed by atoms with Gasteiger partial charge in [0.05, 0.1) is 0 Å². The van der Waals surface area contributed by atoms with E-state index in [2.05, 4.69) is 15.3 Å². The molecule has 1 aromatic carbocycles. The number of hydrogen-bond donors (Lipinski definition) is 0. The van der Waals surface area contributed by atoms with E-state index >= 15 is 0 Å². The van der Waals surface area contributed by atoms with E-state index in [9.17, 15) is 14.4 Å². The number of fused-ring (bicyclic) bond motifs is 1. The molecule has 0 amide bonds. The Morgan fingerprint density at radius 3 is 2.75 bits per heavy atom. The Balaban J connectivity index is 1.56. The third-order valence-electron chi connectivity index (χ3n) is 4.84. The van der Waals surface area contributed by atoms with E-state index < -0.39 is 36.1 Å². The monoisotopic (exact) mass is 443 g/mol. The fraction of sp³-hybridized carbons (Fsp3) is 0.400. The molecule has 0 saturated carbocycles. The lowest BCUT2D eigenvalue weighted by molar-refractivity contribution is -0.155. The average Bonchev–Trinajstić information content (AvgIpc) is 3.32. The number of hydrogen-bond acceptors (Lipinski definition) is 10. The molecule has 0 spiro atoms. The highest BCUT2D eigenvalue weighted by atomic mass is 16.7. The summed E-state index contributed by atoms with van der Waals surface area (Å²) >= 11 is 0. The molecule has 0 bridgehead atoms. The van der Waals surface area contributed by atoms with Crippen LogP contribution in [0.3, 0.4) is 0 Å². The van der Waals surface area contributed by atoms with Gasteiger partial charge in [-0.1, -0.05) is 17.0 Å². The quantitative estimate of drug-likeness (QED) is 0.506. The van der Waals surface area contributed by atoms with Crippen LogP contribution in [-0.4, -0.2) is 55.5 Å². The van der Waals surface area contributed by atoms with E-state index in [0.29, 0.717) is 16.6 Å². The fourth-order valence-electron chi connectivity index (χ4n) is 3.41. The van der Waals surface area contributed by atoms with Crippen LogP contribution in [0.25, 0.3) is 11.0 Å². The van der Waals surface area contributed by atoms with Gasteiger partial charge in [-0.25, -0.2) is 4.79 Å². The van der Waals surface area contributed by atoms with Crippen LogP contribution in [0, 0.1) is 6.92 Å². The molecule has 0 radical (unpaired) electrons. The van der Waals surface area contributed by atoms with Crippen LogP contribution in [0.2, 0.25) is 0 Å². The minimum absolute atomic E-state index is 0.0629. The summed E-state index contributed by atoms with van der Waals surface area (Å²) in [4.78, 5) is 46.2. The molecule has 3 heterocycles. The van der Waals surface area contributed by atoms with Crippen molar-refractivity contribution in [3.63, 3.8) is 0 Å². The van der Waals surface area contributed by atoms with Gasteiger partial charge in [-0.15, -0.1) is 5.10 Å². The second kappa shape index (κ2) is 8.75. The zero-order valence-electron chi connectivity index (χ0n) is 17.6. The van der Waals surface area contributed by atoms with Gasteiger partial charge in [-0.2, -0.15) is 4.98 Å². The van der Waals surface area contributed by atoms with E-state index in [1.54, 1.807) is 19.1 Å². The molecule has 3 atom stereocenters. The summed E-state index contributed by atoms with van der Waals surface area (Å²) in [5.41, 5.74) is 1.16. The Labute approximate surface area is 181 Å². The number of para-hydroxylation sites is 1. The second-order valence-electron chi connectivity index (χ2n) is 7.28.